The fourth-order valence-electron chi connectivity index (χ4n) is 2.67. The summed E-state index contributed by atoms with van der Waals surface area (Å²) in [6.45, 7) is 8.39. The van der Waals surface area contributed by atoms with Crippen molar-refractivity contribution in [2.75, 3.05) is 37.3 Å². The lowest BCUT2D eigenvalue weighted by Crippen LogP contribution is -2.38. The van der Waals surface area contributed by atoms with Gasteiger partial charge in [0.05, 0.1) is 12.3 Å². The molecule has 0 amide bonds. The zero-order chi connectivity index (χ0) is 15.1. The topological polar surface area (TPSA) is 63.4 Å². The standard InChI is InChI=1S/C16H28N4O/c1-3-11-21-16-14(17)7-8-15(19-16)18-13(2)12-20-9-5-4-6-10-20/h7-8,13H,3-6,9-12,17H2,1-2H3,(H,18,19). The molecule has 1 unspecified atom stereocenters. The van der Waals surface area contributed by atoms with E-state index in [4.69, 9.17) is 10.5 Å². The number of aromatic nitrogens is 1. The SMILES string of the molecule is CCCOc1nc(NC(C)CN2CCCCC2)ccc1N. The Labute approximate surface area is 127 Å². The maximum absolute atomic E-state index is 5.89. The number of hydrogen-bond acceptors (Lipinski definition) is 5. The average molecular weight is 292 g/mol. The summed E-state index contributed by atoms with van der Waals surface area (Å²) in [5.41, 5.74) is 6.48. The van der Waals surface area contributed by atoms with Crippen LogP contribution >= 0.6 is 0 Å². The summed E-state index contributed by atoms with van der Waals surface area (Å²) in [6, 6.07) is 4.13. The van der Waals surface area contributed by atoms with E-state index in [-0.39, 0.29) is 0 Å². The number of anilines is 2. The van der Waals surface area contributed by atoms with Gasteiger partial charge in [0.25, 0.3) is 0 Å². The minimum atomic E-state index is 0.359. The van der Waals surface area contributed by atoms with Crippen molar-refractivity contribution >= 4 is 11.5 Å². The normalized spacial score (nSPS) is 17.4. The molecule has 0 bridgehead atoms. The van der Waals surface area contributed by atoms with Crippen molar-refractivity contribution in [1.29, 1.82) is 0 Å². The summed E-state index contributed by atoms with van der Waals surface area (Å²) in [6.07, 6.45) is 4.96. The number of hydrogen-bond donors (Lipinski definition) is 2. The molecule has 0 spiro atoms. The molecule has 1 atom stereocenters. The van der Waals surface area contributed by atoms with Gasteiger partial charge >= 0.3 is 0 Å². The lowest BCUT2D eigenvalue weighted by atomic mass is 10.1. The van der Waals surface area contributed by atoms with Crippen LogP contribution in [0.25, 0.3) is 0 Å². The molecule has 1 aromatic heterocycles. The number of nitrogens with one attached hydrogen (secondary N) is 1. The highest BCUT2D eigenvalue weighted by Gasteiger charge is 2.14. The maximum Gasteiger partial charge on any atom is 0.239 e. The largest absolute Gasteiger partial charge is 0.476 e. The van der Waals surface area contributed by atoms with Crippen molar-refractivity contribution < 1.29 is 4.74 Å². The summed E-state index contributed by atoms with van der Waals surface area (Å²) < 4.78 is 5.57. The van der Waals surface area contributed by atoms with Gasteiger partial charge in [-0.2, -0.15) is 4.98 Å². The molecule has 1 aliphatic rings. The third kappa shape index (κ3) is 5.08. The molecule has 0 radical (unpaired) electrons. The summed E-state index contributed by atoms with van der Waals surface area (Å²) in [7, 11) is 0. The number of nitrogens with two attached hydrogens (primary N) is 1. The minimum absolute atomic E-state index is 0.359. The van der Waals surface area contributed by atoms with Gasteiger partial charge in [-0.25, -0.2) is 0 Å². The number of piperidine rings is 1. The molecular formula is C16H28N4O. The molecule has 1 aliphatic heterocycles. The summed E-state index contributed by atoms with van der Waals surface area (Å²) >= 11 is 0. The van der Waals surface area contributed by atoms with Crippen molar-refractivity contribution in [3.05, 3.63) is 12.1 Å². The zero-order valence-electron chi connectivity index (χ0n) is 13.3. The second kappa shape index (κ2) is 8.08. The first-order valence-electron chi connectivity index (χ1n) is 8.07. The first-order chi connectivity index (χ1) is 10.2. The second-order valence-electron chi connectivity index (χ2n) is 5.85. The van der Waals surface area contributed by atoms with Gasteiger partial charge in [0.15, 0.2) is 0 Å². The fourth-order valence-corrected chi connectivity index (χ4v) is 2.67. The molecule has 1 aromatic rings. The zero-order valence-corrected chi connectivity index (χ0v) is 13.3. The summed E-state index contributed by atoms with van der Waals surface area (Å²) in [4.78, 5) is 6.99. The van der Waals surface area contributed by atoms with Crippen LogP contribution in [0.2, 0.25) is 0 Å². The Morgan fingerprint density at radius 2 is 2.10 bits per heavy atom. The van der Waals surface area contributed by atoms with E-state index in [9.17, 15) is 0 Å². The first kappa shape index (κ1) is 15.9. The van der Waals surface area contributed by atoms with Gasteiger partial charge in [-0.1, -0.05) is 13.3 Å². The van der Waals surface area contributed by atoms with Gasteiger partial charge < -0.3 is 20.7 Å². The first-order valence-corrected chi connectivity index (χ1v) is 8.07. The molecule has 2 heterocycles. The van der Waals surface area contributed by atoms with Crippen LogP contribution in [-0.2, 0) is 0 Å². The fraction of sp³-hybridized carbons (Fsp3) is 0.688. The molecule has 1 saturated heterocycles. The van der Waals surface area contributed by atoms with E-state index < -0.39 is 0 Å². The molecule has 5 nitrogen and oxygen atoms in total. The Morgan fingerprint density at radius 1 is 1.33 bits per heavy atom. The van der Waals surface area contributed by atoms with E-state index in [1.54, 1.807) is 0 Å². The molecule has 5 heteroatoms. The third-order valence-electron chi connectivity index (χ3n) is 3.71. The van der Waals surface area contributed by atoms with Gasteiger partial charge in [-0.3, -0.25) is 0 Å². The Balaban J connectivity index is 1.88. The lowest BCUT2D eigenvalue weighted by molar-refractivity contribution is 0.223. The Kier molecular flexibility index (Phi) is 6.11. The van der Waals surface area contributed by atoms with Crippen LogP contribution < -0.4 is 15.8 Å². The number of likely N-dealkylation sites (tertiary alicyclic amines) is 1. The molecule has 0 aromatic carbocycles. The molecule has 0 aliphatic carbocycles. The van der Waals surface area contributed by atoms with Gasteiger partial charge in [-0.05, 0) is 51.4 Å². The summed E-state index contributed by atoms with van der Waals surface area (Å²) in [5, 5.41) is 3.44. The van der Waals surface area contributed by atoms with Crippen LogP contribution in [0.5, 0.6) is 5.88 Å². The van der Waals surface area contributed by atoms with Gasteiger partial charge in [0.1, 0.15) is 5.82 Å². The van der Waals surface area contributed by atoms with E-state index in [0.29, 0.717) is 24.2 Å². The molecule has 3 N–H and O–H groups in total. The number of rotatable bonds is 7. The molecule has 0 saturated carbocycles. The highest BCUT2D eigenvalue weighted by atomic mass is 16.5. The van der Waals surface area contributed by atoms with Crippen molar-refractivity contribution in [3.63, 3.8) is 0 Å². The van der Waals surface area contributed by atoms with Gasteiger partial charge in [0, 0.05) is 12.6 Å². The highest BCUT2D eigenvalue weighted by molar-refractivity contribution is 5.53. The van der Waals surface area contributed by atoms with E-state index in [1.807, 2.05) is 12.1 Å². The number of nitrogens with zero attached hydrogens (tertiary/aromatic N) is 2. The van der Waals surface area contributed by atoms with Crippen molar-refractivity contribution in [2.24, 2.45) is 0 Å². The number of nitrogen functional groups attached to an aromatic ring is 1. The van der Waals surface area contributed by atoms with Crippen LogP contribution in [0.4, 0.5) is 11.5 Å². The molecular weight excluding hydrogens is 264 g/mol. The smallest absolute Gasteiger partial charge is 0.239 e. The maximum atomic E-state index is 5.89. The molecule has 2 rings (SSSR count). The number of ether oxygens (including phenoxy) is 1. The van der Waals surface area contributed by atoms with Crippen LogP contribution in [0, 0.1) is 0 Å². The van der Waals surface area contributed by atoms with Crippen LogP contribution in [-0.4, -0.2) is 42.2 Å². The van der Waals surface area contributed by atoms with Gasteiger partial charge in [0.2, 0.25) is 5.88 Å². The second-order valence-corrected chi connectivity index (χ2v) is 5.85. The van der Waals surface area contributed by atoms with Crippen LogP contribution in [0.1, 0.15) is 39.5 Å². The minimum Gasteiger partial charge on any atom is -0.476 e. The monoisotopic (exact) mass is 292 g/mol. The van der Waals surface area contributed by atoms with Crippen molar-refractivity contribution in [1.82, 2.24) is 9.88 Å². The lowest BCUT2D eigenvalue weighted by Gasteiger charge is -2.29. The molecule has 21 heavy (non-hydrogen) atoms. The van der Waals surface area contributed by atoms with E-state index in [2.05, 4.69) is 29.0 Å². The quantitative estimate of drug-likeness (QED) is 0.809. The molecule has 118 valence electrons. The van der Waals surface area contributed by atoms with Crippen LogP contribution in [0.3, 0.4) is 0 Å². The third-order valence-corrected chi connectivity index (χ3v) is 3.71. The van der Waals surface area contributed by atoms with E-state index in [0.717, 1.165) is 18.8 Å². The van der Waals surface area contributed by atoms with Crippen molar-refractivity contribution in [3.8, 4) is 5.88 Å². The van der Waals surface area contributed by atoms with Crippen molar-refractivity contribution in [2.45, 2.75) is 45.6 Å². The highest BCUT2D eigenvalue weighted by Crippen LogP contribution is 2.21. The Bertz CT molecular complexity index is 432. The summed E-state index contributed by atoms with van der Waals surface area (Å²) in [5.74, 6) is 1.37. The average Bonchev–Trinajstić information content (AvgIpc) is 2.48. The molecule has 1 fully saturated rings. The Hall–Kier alpha value is -1.49. The predicted octanol–water partition coefficient (Wildman–Crippen LogP) is 2.74. The predicted molar refractivity (Wildman–Crippen MR) is 87.8 cm³/mol. The van der Waals surface area contributed by atoms with Crippen LogP contribution in [0.15, 0.2) is 12.1 Å². The van der Waals surface area contributed by atoms with Gasteiger partial charge in [-0.15, -0.1) is 0 Å². The Morgan fingerprint density at radius 3 is 2.81 bits per heavy atom. The van der Waals surface area contributed by atoms with E-state index in [1.165, 1.54) is 32.4 Å². The van der Waals surface area contributed by atoms with E-state index >= 15 is 0 Å². The number of pyridine rings is 1.